The first-order chi connectivity index (χ1) is 6.96. The van der Waals surface area contributed by atoms with E-state index in [1.54, 1.807) is 6.92 Å². The standard InChI is InChI=1S/C10H19N3O2/c1-7(8(11)14)13-9(15)10(2)3-5-12-6-4-10/h7,12H,3-6H2,1-2H3,(H2,11,14)(H,13,15). The molecule has 0 aromatic rings. The summed E-state index contributed by atoms with van der Waals surface area (Å²) in [5.74, 6) is -0.573. The fraction of sp³-hybridized carbons (Fsp3) is 0.800. The molecule has 15 heavy (non-hydrogen) atoms. The number of amides is 2. The third kappa shape index (κ3) is 2.92. The molecule has 1 saturated heterocycles. The first-order valence-corrected chi connectivity index (χ1v) is 5.27. The lowest BCUT2D eigenvalue weighted by Gasteiger charge is -2.33. The number of carbonyl (C=O) groups excluding carboxylic acids is 2. The molecular weight excluding hydrogens is 194 g/mol. The minimum Gasteiger partial charge on any atom is -0.368 e. The first-order valence-electron chi connectivity index (χ1n) is 5.27. The molecule has 0 spiro atoms. The Morgan fingerprint density at radius 2 is 1.93 bits per heavy atom. The summed E-state index contributed by atoms with van der Waals surface area (Å²) in [6, 6.07) is -0.593. The van der Waals surface area contributed by atoms with E-state index >= 15 is 0 Å². The van der Waals surface area contributed by atoms with Crippen molar-refractivity contribution in [2.45, 2.75) is 32.7 Å². The highest BCUT2D eigenvalue weighted by molar-refractivity contribution is 5.88. The van der Waals surface area contributed by atoms with Crippen LogP contribution in [0, 0.1) is 5.41 Å². The Labute approximate surface area is 89.8 Å². The maximum atomic E-state index is 11.9. The van der Waals surface area contributed by atoms with Crippen molar-refractivity contribution in [3.8, 4) is 0 Å². The van der Waals surface area contributed by atoms with Gasteiger partial charge in [0, 0.05) is 5.41 Å². The fourth-order valence-electron chi connectivity index (χ4n) is 1.65. The maximum absolute atomic E-state index is 11.9. The summed E-state index contributed by atoms with van der Waals surface area (Å²) < 4.78 is 0. The Bertz CT molecular complexity index is 259. The van der Waals surface area contributed by atoms with Crippen LogP contribution in [0.1, 0.15) is 26.7 Å². The van der Waals surface area contributed by atoms with Crippen LogP contribution in [-0.4, -0.2) is 30.9 Å². The maximum Gasteiger partial charge on any atom is 0.239 e. The van der Waals surface area contributed by atoms with E-state index in [0.29, 0.717) is 0 Å². The molecule has 1 heterocycles. The molecule has 1 unspecified atom stereocenters. The van der Waals surface area contributed by atoms with Crippen molar-refractivity contribution < 1.29 is 9.59 Å². The Kier molecular flexibility index (Phi) is 3.68. The summed E-state index contributed by atoms with van der Waals surface area (Å²) >= 11 is 0. The van der Waals surface area contributed by atoms with Gasteiger partial charge in [0.2, 0.25) is 11.8 Å². The lowest BCUT2D eigenvalue weighted by Crippen LogP contribution is -2.51. The van der Waals surface area contributed by atoms with Gasteiger partial charge in [-0.1, -0.05) is 6.92 Å². The summed E-state index contributed by atoms with van der Waals surface area (Å²) in [6.45, 7) is 5.21. The molecule has 0 radical (unpaired) electrons. The highest BCUT2D eigenvalue weighted by atomic mass is 16.2. The zero-order chi connectivity index (χ0) is 11.5. The van der Waals surface area contributed by atoms with Crippen molar-refractivity contribution in [1.29, 1.82) is 0 Å². The zero-order valence-corrected chi connectivity index (χ0v) is 9.30. The van der Waals surface area contributed by atoms with Crippen molar-refractivity contribution in [3.63, 3.8) is 0 Å². The topological polar surface area (TPSA) is 84.2 Å². The van der Waals surface area contributed by atoms with Crippen LogP contribution in [0.4, 0.5) is 0 Å². The van der Waals surface area contributed by atoms with Gasteiger partial charge >= 0.3 is 0 Å². The van der Waals surface area contributed by atoms with Gasteiger partial charge in [-0.25, -0.2) is 0 Å². The van der Waals surface area contributed by atoms with Crippen molar-refractivity contribution in [1.82, 2.24) is 10.6 Å². The third-order valence-electron chi connectivity index (χ3n) is 3.03. The molecule has 1 aliphatic rings. The first kappa shape index (κ1) is 12.0. The molecule has 4 N–H and O–H groups in total. The van der Waals surface area contributed by atoms with Crippen molar-refractivity contribution in [2.75, 3.05) is 13.1 Å². The van der Waals surface area contributed by atoms with Crippen molar-refractivity contribution in [3.05, 3.63) is 0 Å². The monoisotopic (exact) mass is 213 g/mol. The number of hydrogen-bond acceptors (Lipinski definition) is 3. The van der Waals surface area contributed by atoms with Gasteiger partial charge in [0.1, 0.15) is 6.04 Å². The van der Waals surface area contributed by atoms with Crippen LogP contribution in [0.25, 0.3) is 0 Å². The number of carbonyl (C=O) groups is 2. The summed E-state index contributed by atoms with van der Waals surface area (Å²) in [5.41, 5.74) is 4.72. The van der Waals surface area contributed by atoms with E-state index in [-0.39, 0.29) is 11.3 Å². The van der Waals surface area contributed by atoms with Gasteiger partial charge < -0.3 is 16.4 Å². The average molecular weight is 213 g/mol. The molecule has 1 aliphatic heterocycles. The molecule has 0 bridgehead atoms. The van der Waals surface area contributed by atoms with Gasteiger partial charge in [0.15, 0.2) is 0 Å². The van der Waals surface area contributed by atoms with Gasteiger partial charge in [0.05, 0.1) is 0 Å². The Morgan fingerprint density at radius 1 is 1.40 bits per heavy atom. The number of rotatable bonds is 3. The molecule has 2 amide bonds. The second kappa shape index (κ2) is 4.61. The summed E-state index contributed by atoms with van der Waals surface area (Å²) in [4.78, 5) is 22.7. The summed E-state index contributed by atoms with van der Waals surface area (Å²) in [7, 11) is 0. The van der Waals surface area contributed by atoms with E-state index in [1.165, 1.54) is 0 Å². The Balaban J connectivity index is 2.55. The lowest BCUT2D eigenvalue weighted by molar-refractivity contribution is -0.134. The number of nitrogens with one attached hydrogen (secondary N) is 2. The van der Waals surface area contributed by atoms with Gasteiger partial charge in [-0.05, 0) is 32.9 Å². The van der Waals surface area contributed by atoms with Crippen LogP contribution >= 0.6 is 0 Å². The van der Waals surface area contributed by atoms with E-state index in [4.69, 9.17) is 5.73 Å². The van der Waals surface area contributed by atoms with Crippen LogP contribution in [-0.2, 0) is 9.59 Å². The predicted octanol–water partition coefficient (Wildman–Crippen LogP) is -0.634. The van der Waals surface area contributed by atoms with Crippen LogP contribution in [0.3, 0.4) is 0 Å². The highest BCUT2D eigenvalue weighted by Gasteiger charge is 2.35. The van der Waals surface area contributed by atoms with Crippen LogP contribution in [0.15, 0.2) is 0 Å². The second-order valence-electron chi connectivity index (χ2n) is 4.41. The van der Waals surface area contributed by atoms with Gasteiger partial charge in [-0.2, -0.15) is 0 Å². The molecule has 0 aromatic carbocycles. The number of hydrogen-bond donors (Lipinski definition) is 3. The fourth-order valence-corrected chi connectivity index (χ4v) is 1.65. The summed E-state index contributed by atoms with van der Waals surface area (Å²) in [5, 5.41) is 5.85. The molecular formula is C10H19N3O2. The van der Waals surface area contributed by atoms with Gasteiger partial charge in [0.25, 0.3) is 0 Å². The van der Waals surface area contributed by atoms with E-state index in [0.717, 1.165) is 25.9 Å². The predicted molar refractivity (Wildman–Crippen MR) is 57.0 cm³/mol. The molecule has 5 heteroatoms. The molecule has 86 valence electrons. The van der Waals surface area contributed by atoms with Crippen LogP contribution < -0.4 is 16.4 Å². The number of primary amides is 1. The van der Waals surface area contributed by atoms with Crippen molar-refractivity contribution in [2.24, 2.45) is 11.1 Å². The molecule has 0 aromatic heterocycles. The SMILES string of the molecule is CC(NC(=O)C1(C)CCNCC1)C(N)=O. The van der Waals surface area contributed by atoms with Gasteiger partial charge in [-0.3, -0.25) is 9.59 Å². The smallest absolute Gasteiger partial charge is 0.239 e. The quantitative estimate of drug-likeness (QED) is 0.583. The van der Waals surface area contributed by atoms with Crippen LogP contribution in [0.5, 0.6) is 0 Å². The minimum absolute atomic E-state index is 0.0738. The van der Waals surface area contributed by atoms with Crippen molar-refractivity contribution >= 4 is 11.8 Å². The number of nitrogens with two attached hydrogens (primary N) is 1. The van der Waals surface area contributed by atoms with Crippen LogP contribution in [0.2, 0.25) is 0 Å². The lowest BCUT2D eigenvalue weighted by atomic mass is 9.80. The third-order valence-corrected chi connectivity index (χ3v) is 3.03. The number of piperidine rings is 1. The Morgan fingerprint density at radius 3 is 2.40 bits per heavy atom. The summed E-state index contributed by atoms with van der Waals surface area (Å²) in [6.07, 6.45) is 1.59. The highest BCUT2D eigenvalue weighted by Crippen LogP contribution is 2.27. The minimum atomic E-state index is -0.593. The second-order valence-corrected chi connectivity index (χ2v) is 4.41. The molecule has 1 atom stereocenters. The molecule has 1 rings (SSSR count). The molecule has 1 fully saturated rings. The van der Waals surface area contributed by atoms with Gasteiger partial charge in [-0.15, -0.1) is 0 Å². The van der Waals surface area contributed by atoms with E-state index in [2.05, 4.69) is 10.6 Å². The molecule has 0 saturated carbocycles. The largest absolute Gasteiger partial charge is 0.368 e. The van der Waals surface area contributed by atoms with E-state index in [9.17, 15) is 9.59 Å². The zero-order valence-electron chi connectivity index (χ0n) is 9.30. The Hall–Kier alpha value is -1.10. The van der Waals surface area contributed by atoms with E-state index in [1.807, 2.05) is 6.92 Å². The normalized spacial score (nSPS) is 21.7. The molecule has 5 nitrogen and oxygen atoms in total. The van der Waals surface area contributed by atoms with E-state index < -0.39 is 11.9 Å². The molecule has 0 aliphatic carbocycles. The average Bonchev–Trinajstić information content (AvgIpc) is 2.18.